The third-order valence-corrected chi connectivity index (χ3v) is 10.4. The highest BCUT2D eigenvalue weighted by Gasteiger charge is 2.75. The van der Waals surface area contributed by atoms with E-state index in [-0.39, 0.29) is 12.2 Å². The van der Waals surface area contributed by atoms with Crippen LogP contribution in [0.15, 0.2) is 42.0 Å². The number of hydrogen-bond donors (Lipinski definition) is 4. The van der Waals surface area contributed by atoms with E-state index in [1.54, 1.807) is 45.0 Å². The van der Waals surface area contributed by atoms with Gasteiger partial charge in [0.1, 0.15) is 5.60 Å². The molecule has 0 spiro atoms. The molecule has 8 atom stereocenters. The molecule has 0 heterocycles. The van der Waals surface area contributed by atoms with E-state index in [0.29, 0.717) is 36.2 Å². The highest BCUT2D eigenvalue weighted by molar-refractivity contribution is 6.01. The number of nitrogen functional groups attached to an aromatic ring is 1. The smallest absolute Gasteiger partial charge is 0.412 e. The first-order valence-corrected chi connectivity index (χ1v) is 13.5. The molecule has 8 nitrogen and oxygen atoms in total. The summed E-state index contributed by atoms with van der Waals surface area (Å²) in [5.74, 6) is -2.47. The summed E-state index contributed by atoms with van der Waals surface area (Å²) in [4.78, 5) is 38.0. The number of benzene rings is 1. The van der Waals surface area contributed by atoms with E-state index in [2.05, 4.69) is 5.32 Å². The summed E-state index contributed by atoms with van der Waals surface area (Å²) in [5, 5.41) is 25.9. The number of amides is 1. The van der Waals surface area contributed by atoms with Crippen molar-refractivity contribution in [2.45, 2.75) is 70.8 Å². The summed E-state index contributed by atoms with van der Waals surface area (Å²) >= 11 is 0. The number of aliphatic hydroxyl groups is 2. The maximum Gasteiger partial charge on any atom is 0.412 e. The second kappa shape index (κ2) is 8.99. The van der Waals surface area contributed by atoms with Crippen molar-refractivity contribution >= 4 is 29.0 Å². The molecule has 4 aliphatic carbocycles. The lowest BCUT2D eigenvalue weighted by Gasteiger charge is -2.62. The number of halogens is 1. The molecule has 0 saturated heterocycles. The lowest BCUT2D eigenvalue weighted by molar-refractivity contribution is -0.219. The first-order chi connectivity index (χ1) is 18.2. The third kappa shape index (κ3) is 3.73. The van der Waals surface area contributed by atoms with E-state index >= 15 is 4.39 Å². The van der Waals surface area contributed by atoms with Gasteiger partial charge in [-0.25, -0.2) is 9.18 Å². The van der Waals surface area contributed by atoms with Crippen LogP contribution in [0.4, 0.5) is 20.6 Å². The van der Waals surface area contributed by atoms with Crippen molar-refractivity contribution in [3.8, 4) is 0 Å². The number of alkyl halides is 1. The summed E-state index contributed by atoms with van der Waals surface area (Å²) in [5.41, 5.74) is 1.92. The fraction of sp³-hybridized carbons (Fsp3) is 0.567. The van der Waals surface area contributed by atoms with Gasteiger partial charge in [0, 0.05) is 16.7 Å². The second-order valence-corrected chi connectivity index (χ2v) is 12.4. The molecule has 4 aliphatic rings. The van der Waals surface area contributed by atoms with Crippen molar-refractivity contribution in [2.24, 2.45) is 28.6 Å². The van der Waals surface area contributed by atoms with Crippen molar-refractivity contribution in [1.82, 2.24) is 0 Å². The van der Waals surface area contributed by atoms with Crippen LogP contribution in [0, 0.1) is 35.5 Å². The molecule has 1 amide bonds. The zero-order chi connectivity index (χ0) is 28.5. The summed E-state index contributed by atoms with van der Waals surface area (Å²) in [6.45, 7) is 6.39. The number of carbonyl (C=O) groups is 3. The largest absolute Gasteiger partial charge is 0.441 e. The van der Waals surface area contributed by atoms with E-state index < -0.39 is 64.4 Å². The maximum absolute atomic E-state index is 17.3. The van der Waals surface area contributed by atoms with Crippen molar-refractivity contribution in [1.29, 1.82) is 0 Å². The van der Waals surface area contributed by atoms with E-state index in [0.717, 1.165) is 5.56 Å². The Morgan fingerprint density at radius 2 is 1.97 bits per heavy atom. The SMILES string of the molecule is Cc1ccc(NC(=O)OCC(=O)C2(O)C(C)CC3C4CCC5=CC(=O)C=CC5(C)C4(F)C(O)CC32C)c(N)c1. The number of anilines is 2. The third-order valence-electron chi connectivity index (χ3n) is 10.4. The molecule has 1 aromatic rings. The van der Waals surface area contributed by atoms with Crippen molar-refractivity contribution < 1.29 is 33.7 Å². The number of nitrogens with one attached hydrogen (secondary N) is 1. The minimum absolute atomic E-state index is 0.145. The number of fused-ring (bicyclic) bond motifs is 5. The molecule has 3 fully saturated rings. The average molecular weight is 541 g/mol. The number of ether oxygens (including phenoxy) is 1. The Balaban J connectivity index is 1.38. The Hall–Kier alpha value is -3.04. The summed E-state index contributed by atoms with van der Waals surface area (Å²) in [7, 11) is 0. The lowest BCUT2D eigenvalue weighted by atomic mass is 9.44. The van der Waals surface area contributed by atoms with Crippen molar-refractivity contribution in [2.75, 3.05) is 17.7 Å². The second-order valence-electron chi connectivity index (χ2n) is 12.4. The molecule has 0 aromatic heterocycles. The molecule has 1 aromatic carbocycles. The van der Waals surface area contributed by atoms with Crippen molar-refractivity contribution in [3.63, 3.8) is 0 Å². The Morgan fingerprint density at radius 3 is 2.67 bits per heavy atom. The number of Topliss-reactive ketones (excluding diaryl/α,β-unsaturated/α-hetero) is 1. The number of carbonyl (C=O) groups excluding carboxylic acids is 3. The van der Waals surface area contributed by atoms with Gasteiger partial charge in [-0.1, -0.05) is 31.6 Å². The number of aliphatic hydroxyl groups excluding tert-OH is 1. The lowest BCUT2D eigenvalue weighted by Crippen LogP contribution is -2.69. The van der Waals surface area contributed by atoms with Gasteiger partial charge in [-0.3, -0.25) is 14.9 Å². The van der Waals surface area contributed by atoms with E-state index in [9.17, 15) is 24.6 Å². The van der Waals surface area contributed by atoms with Gasteiger partial charge in [0.2, 0.25) is 5.78 Å². The van der Waals surface area contributed by atoms with E-state index in [1.165, 1.54) is 12.2 Å². The predicted octanol–water partition coefficient (Wildman–Crippen LogP) is 4.04. The fourth-order valence-corrected chi connectivity index (χ4v) is 8.32. The van der Waals surface area contributed by atoms with Gasteiger partial charge < -0.3 is 20.7 Å². The topological polar surface area (TPSA) is 139 Å². The van der Waals surface area contributed by atoms with Gasteiger partial charge >= 0.3 is 6.09 Å². The molecule has 9 heteroatoms. The van der Waals surface area contributed by atoms with Gasteiger partial charge in [0.15, 0.2) is 18.1 Å². The Bertz CT molecular complexity index is 1310. The first kappa shape index (κ1) is 27.5. The molecule has 39 heavy (non-hydrogen) atoms. The Kier molecular flexibility index (Phi) is 6.35. The van der Waals surface area contributed by atoms with Crippen LogP contribution in [0.3, 0.4) is 0 Å². The molecule has 8 unspecified atom stereocenters. The molecule has 0 aliphatic heterocycles. The normalized spacial score (nSPS) is 40.7. The molecule has 0 bridgehead atoms. The van der Waals surface area contributed by atoms with Crippen LogP contribution in [-0.2, 0) is 14.3 Å². The van der Waals surface area contributed by atoms with Crippen LogP contribution in [-0.4, -0.2) is 51.9 Å². The summed E-state index contributed by atoms with van der Waals surface area (Å²) in [6.07, 6.45) is 3.16. The minimum Gasteiger partial charge on any atom is -0.441 e. The van der Waals surface area contributed by atoms with E-state index in [1.807, 2.05) is 6.92 Å². The van der Waals surface area contributed by atoms with Gasteiger partial charge in [0.25, 0.3) is 0 Å². The maximum atomic E-state index is 17.3. The standard InChI is InChI=1S/C30H37FN2O6/c1-16-5-8-23(22(32)11-16)33-26(37)39-15-25(36)30(38)17(2)12-21-20-7-6-18-13-19(34)9-10-27(18,3)29(20,31)24(35)14-28(21,30)4/h5,8-11,13,17,20-21,24,35,38H,6-7,12,14-15,32H2,1-4H3,(H,33,37). The number of allylic oxidation sites excluding steroid dienone is 4. The minimum atomic E-state index is -2.06. The monoisotopic (exact) mass is 540 g/mol. The number of rotatable bonds is 4. The highest BCUT2D eigenvalue weighted by atomic mass is 19.1. The zero-order valence-electron chi connectivity index (χ0n) is 22.8. The van der Waals surface area contributed by atoms with Crippen LogP contribution in [0.5, 0.6) is 0 Å². The van der Waals surface area contributed by atoms with Gasteiger partial charge in [0.05, 0.1) is 17.5 Å². The Labute approximate surface area is 227 Å². The van der Waals surface area contributed by atoms with Crippen LogP contribution in [0.1, 0.15) is 52.0 Å². The molecular weight excluding hydrogens is 503 g/mol. The zero-order valence-corrected chi connectivity index (χ0v) is 22.8. The fourth-order valence-electron chi connectivity index (χ4n) is 8.32. The molecule has 0 radical (unpaired) electrons. The molecule has 5 rings (SSSR count). The van der Waals surface area contributed by atoms with Gasteiger partial charge in [-0.2, -0.15) is 0 Å². The van der Waals surface area contributed by atoms with Crippen LogP contribution in [0.25, 0.3) is 0 Å². The van der Waals surface area contributed by atoms with Gasteiger partial charge in [-0.15, -0.1) is 0 Å². The summed E-state index contributed by atoms with van der Waals surface area (Å²) < 4.78 is 22.5. The first-order valence-electron chi connectivity index (χ1n) is 13.5. The predicted molar refractivity (Wildman–Crippen MR) is 143 cm³/mol. The number of hydrogen-bond acceptors (Lipinski definition) is 7. The number of ketones is 2. The summed E-state index contributed by atoms with van der Waals surface area (Å²) in [6, 6.07) is 5.09. The van der Waals surface area contributed by atoms with Gasteiger partial charge in [-0.05, 0) is 81.2 Å². The van der Waals surface area contributed by atoms with Crippen LogP contribution < -0.4 is 11.1 Å². The van der Waals surface area contributed by atoms with Crippen LogP contribution >= 0.6 is 0 Å². The molecule has 3 saturated carbocycles. The number of nitrogens with two attached hydrogens (primary N) is 1. The highest BCUT2D eigenvalue weighted by Crippen LogP contribution is 2.70. The number of aryl methyl sites for hydroxylation is 1. The van der Waals surface area contributed by atoms with Crippen molar-refractivity contribution in [3.05, 3.63) is 47.6 Å². The average Bonchev–Trinajstić information content (AvgIpc) is 3.07. The van der Waals surface area contributed by atoms with E-state index in [4.69, 9.17) is 10.5 Å². The molecule has 5 N–H and O–H groups in total. The van der Waals surface area contributed by atoms with Crippen LogP contribution in [0.2, 0.25) is 0 Å². The quantitative estimate of drug-likeness (QED) is 0.423. The Morgan fingerprint density at radius 1 is 1.26 bits per heavy atom. The molecular formula is C30H37FN2O6. The molecule has 210 valence electrons.